The van der Waals surface area contributed by atoms with Crippen LogP contribution in [0, 0.1) is 13.8 Å². The number of hydrogen-bond acceptors (Lipinski definition) is 6. The predicted octanol–water partition coefficient (Wildman–Crippen LogP) is 5.42. The minimum absolute atomic E-state index is 0.215. The monoisotopic (exact) mass is 518 g/mol. The van der Waals surface area contributed by atoms with Crippen molar-refractivity contribution in [3.63, 3.8) is 0 Å². The highest BCUT2D eigenvalue weighted by Crippen LogP contribution is 2.34. The summed E-state index contributed by atoms with van der Waals surface area (Å²) in [5.74, 6) is 2.17. The van der Waals surface area contributed by atoms with Crippen LogP contribution in [0.1, 0.15) is 50.2 Å². The van der Waals surface area contributed by atoms with Gasteiger partial charge in [-0.15, -0.1) is 0 Å². The summed E-state index contributed by atoms with van der Waals surface area (Å²) in [6.45, 7) is 13.1. The van der Waals surface area contributed by atoms with Crippen molar-refractivity contribution in [1.82, 2.24) is 14.8 Å². The van der Waals surface area contributed by atoms with Crippen LogP contribution in [0.5, 0.6) is 11.5 Å². The van der Waals surface area contributed by atoms with Crippen LogP contribution in [0.3, 0.4) is 0 Å². The third-order valence-corrected chi connectivity index (χ3v) is 7.19. The van der Waals surface area contributed by atoms with Crippen molar-refractivity contribution in [2.75, 3.05) is 30.4 Å². The molecule has 1 atom stereocenters. The first-order valence-corrected chi connectivity index (χ1v) is 13.7. The molecule has 1 aliphatic heterocycles. The Morgan fingerprint density at radius 2 is 1.64 bits per heavy atom. The van der Waals surface area contributed by atoms with E-state index in [0.717, 1.165) is 35.8 Å². The van der Waals surface area contributed by atoms with Gasteiger partial charge in [0.05, 0.1) is 31.8 Å². The summed E-state index contributed by atoms with van der Waals surface area (Å²) < 4.78 is 38.9. The van der Waals surface area contributed by atoms with Gasteiger partial charge in [-0.1, -0.05) is 27.7 Å². The number of nitrogens with zero attached hydrogens (tertiary/aromatic N) is 4. The summed E-state index contributed by atoms with van der Waals surface area (Å²) in [4.78, 5) is 6.83. The van der Waals surface area contributed by atoms with E-state index in [-0.39, 0.29) is 4.90 Å². The average molecular weight is 519 g/mol. The smallest absolute Gasteiger partial charge is 0.347 e. The summed E-state index contributed by atoms with van der Waals surface area (Å²) >= 11 is 0. The van der Waals surface area contributed by atoms with Crippen molar-refractivity contribution in [2.24, 2.45) is 7.05 Å². The van der Waals surface area contributed by atoms with Gasteiger partial charge in [-0.25, -0.2) is 4.98 Å². The van der Waals surface area contributed by atoms with Gasteiger partial charge in [0, 0.05) is 26.2 Å². The van der Waals surface area contributed by atoms with E-state index in [2.05, 4.69) is 19.7 Å². The van der Waals surface area contributed by atoms with E-state index in [0.29, 0.717) is 23.7 Å². The van der Waals surface area contributed by atoms with Gasteiger partial charge in [-0.2, -0.15) is 14.4 Å². The number of aryl methyl sites for hydroxylation is 2. The van der Waals surface area contributed by atoms with Crippen molar-refractivity contribution >= 4 is 21.9 Å². The number of anilines is 2. The van der Waals surface area contributed by atoms with Crippen molar-refractivity contribution < 1.29 is 18.2 Å². The third-order valence-electron chi connectivity index (χ3n) is 5.83. The second-order valence-electron chi connectivity index (χ2n) is 7.80. The van der Waals surface area contributed by atoms with E-state index in [1.54, 1.807) is 45.0 Å². The predicted molar refractivity (Wildman–Crippen MR) is 146 cm³/mol. The zero-order chi connectivity index (χ0) is 27.0. The quantitative estimate of drug-likeness (QED) is 0.420. The summed E-state index contributed by atoms with van der Waals surface area (Å²) in [5.41, 5.74) is 4.37. The molecular weight excluding hydrogens is 478 g/mol. The van der Waals surface area contributed by atoms with E-state index >= 15 is 0 Å². The maximum absolute atomic E-state index is 13.0. The van der Waals surface area contributed by atoms with Crippen LogP contribution in [0.4, 0.5) is 11.5 Å². The van der Waals surface area contributed by atoms with E-state index in [1.165, 1.54) is 11.8 Å². The van der Waals surface area contributed by atoms with Crippen LogP contribution in [-0.4, -0.2) is 40.1 Å². The summed E-state index contributed by atoms with van der Waals surface area (Å²) in [6, 6.07) is 7.44. The maximum atomic E-state index is 13.0. The Labute approximate surface area is 216 Å². The number of methoxy groups -OCH3 is 2. The number of aromatic nitrogens is 3. The minimum Gasteiger partial charge on any atom is -0.493 e. The number of ether oxygens (including phenoxy) is 2. The van der Waals surface area contributed by atoms with Crippen LogP contribution < -0.4 is 19.1 Å². The molecule has 0 radical (unpaired) electrons. The van der Waals surface area contributed by atoms with Crippen LogP contribution in [0.15, 0.2) is 35.4 Å². The molecule has 0 fully saturated rings. The van der Waals surface area contributed by atoms with Gasteiger partial charge in [0.1, 0.15) is 11.5 Å². The lowest BCUT2D eigenvalue weighted by Crippen LogP contribution is -2.31. The molecule has 0 saturated carbocycles. The largest absolute Gasteiger partial charge is 0.493 e. The van der Waals surface area contributed by atoms with Crippen LogP contribution in [-0.2, 0) is 34.6 Å². The molecule has 10 heteroatoms. The molecule has 0 amide bonds. The van der Waals surface area contributed by atoms with E-state index in [1.807, 2.05) is 46.8 Å². The van der Waals surface area contributed by atoms with Gasteiger partial charge in [-0.3, -0.25) is 4.68 Å². The van der Waals surface area contributed by atoms with Crippen LogP contribution in [0.25, 0.3) is 0 Å². The molecule has 3 aromatic rings. The fourth-order valence-corrected chi connectivity index (χ4v) is 5.06. The fraction of sp³-hybridized carbons (Fsp3) is 0.462. The Morgan fingerprint density at radius 3 is 2.14 bits per heavy atom. The zero-order valence-electron chi connectivity index (χ0n) is 22.9. The lowest BCUT2D eigenvalue weighted by molar-refractivity contribution is 0.353. The molecule has 4 rings (SSSR count). The fourth-order valence-electron chi connectivity index (χ4n) is 3.92. The first-order chi connectivity index (χ1) is 17.2. The summed E-state index contributed by atoms with van der Waals surface area (Å²) in [5, 5.41) is 4.28. The Kier molecular flexibility index (Phi) is 10.3. The zero-order valence-corrected chi connectivity index (χ0v) is 23.7. The number of fused-ring (bicyclic) bond motifs is 1. The first kappa shape index (κ1) is 29.1. The molecule has 0 aliphatic carbocycles. The molecule has 0 bridgehead atoms. The molecule has 1 unspecified atom stereocenters. The molecule has 198 valence electrons. The Morgan fingerprint density at radius 1 is 1.03 bits per heavy atom. The number of benzene rings is 1. The maximum Gasteiger partial charge on any atom is 0.347 e. The first-order valence-electron chi connectivity index (χ1n) is 12.2. The molecule has 36 heavy (non-hydrogen) atoms. The lowest BCUT2D eigenvalue weighted by atomic mass is 9.99. The SMILES string of the molecule is CC.CC.COc1cc2c(cc1OC)CN(c1ccc([S+](=O)(O)Nc3c(C)nn(C)c3C)cn1)CC2. The molecule has 1 aliphatic rings. The molecule has 2 aromatic heterocycles. The topological polar surface area (TPSA) is 102 Å². The van der Waals surface area contributed by atoms with E-state index in [4.69, 9.17) is 9.47 Å². The Bertz CT molecular complexity index is 1190. The van der Waals surface area contributed by atoms with Gasteiger partial charge < -0.3 is 14.4 Å². The van der Waals surface area contributed by atoms with Crippen LogP contribution in [0.2, 0.25) is 0 Å². The second kappa shape index (κ2) is 12.7. The second-order valence-corrected chi connectivity index (χ2v) is 9.52. The minimum atomic E-state index is -3.52. The van der Waals surface area contributed by atoms with Gasteiger partial charge in [0.15, 0.2) is 11.5 Å². The van der Waals surface area contributed by atoms with Crippen molar-refractivity contribution in [3.8, 4) is 11.5 Å². The van der Waals surface area contributed by atoms with Crippen molar-refractivity contribution in [2.45, 2.75) is 59.4 Å². The highest BCUT2D eigenvalue weighted by atomic mass is 32.3. The summed E-state index contributed by atoms with van der Waals surface area (Å²) in [7, 11) is 1.53. The van der Waals surface area contributed by atoms with Crippen molar-refractivity contribution in [1.29, 1.82) is 0 Å². The number of hydrogen-bond donors (Lipinski definition) is 2. The molecule has 9 nitrogen and oxygen atoms in total. The van der Waals surface area contributed by atoms with Gasteiger partial charge in [0.2, 0.25) is 4.90 Å². The van der Waals surface area contributed by atoms with Gasteiger partial charge in [-0.05, 0) is 53.8 Å². The Hall–Kier alpha value is -3.11. The molecule has 0 spiro atoms. The molecule has 1 aromatic carbocycles. The molecule has 3 heterocycles. The van der Waals surface area contributed by atoms with E-state index < -0.39 is 10.4 Å². The average Bonchev–Trinajstić information content (AvgIpc) is 3.15. The van der Waals surface area contributed by atoms with E-state index in [9.17, 15) is 8.76 Å². The number of rotatable bonds is 6. The highest BCUT2D eigenvalue weighted by Gasteiger charge is 2.33. The summed E-state index contributed by atoms with van der Waals surface area (Å²) in [6.07, 6.45) is 2.30. The van der Waals surface area contributed by atoms with Crippen molar-refractivity contribution in [3.05, 3.63) is 53.0 Å². The molecule has 0 saturated heterocycles. The number of nitrogens with one attached hydrogen (secondary N) is 1. The standard InChI is InChI=1S/C22H27N5O4S.2C2H6/c1-14-22(15(2)26(3)24-14)25-32(28,29)18-6-7-21(23-12-18)27-9-8-16-10-19(30-4)20(31-5)11-17(16)13-27;2*1-2/h6-7,10-12H,8-9,13H2,1-5H3,(H-,25,28,29);2*1-2H3/p+1. The molecular formula is C26H40N5O4S+. The lowest BCUT2D eigenvalue weighted by Gasteiger charge is -2.30. The van der Waals surface area contributed by atoms with Gasteiger partial charge >= 0.3 is 10.4 Å². The normalized spacial score (nSPS) is 13.8. The third kappa shape index (κ3) is 6.17. The van der Waals surface area contributed by atoms with Crippen LogP contribution >= 0.6 is 0 Å². The Balaban J connectivity index is 0.00000109. The highest BCUT2D eigenvalue weighted by molar-refractivity contribution is 7.99. The number of pyridine rings is 1. The van der Waals surface area contributed by atoms with Gasteiger partial charge in [0.25, 0.3) is 0 Å². The molecule has 2 N–H and O–H groups in total.